The molecule has 1 aromatic carbocycles. The molecule has 0 heterocycles. The number of ether oxygens (including phenoxy) is 1. The molecule has 0 saturated carbocycles. The number of carboxylic acid groups (broad SMARTS) is 1. The topological polar surface area (TPSA) is 105 Å². The van der Waals surface area contributed by atoms with Crippen LogP contribution in [0, 0.1) is 0 Å². The van der Waals surface area contributed by atoms with Crippen LogP contribution in [0.2, 0.25) is 0 Å². The Morgan fingerprint density at radius 2 is 1.78 bits per heavy atom. The van der Waals surface area contributed by atoms with Crippen molar-refractivity contribution in [1.29, 1.82) is 0 Å². The molecule has 0 spiro atoms. The second kappa shape index (κ2) is 9.58. The molecule has 126 valence electrons. The predicted octanol–water partition coefficient (Wildman–Crippen LogP) is 1.64. The van der Waals surface area contributed by atoms with Gasteiger partial charge in [0.1, 0.15) is 0 Å². The van der Waals surface area contributed by atoms with Gasteiger partial charge in [-0.15, -0.1) is 0 Å². The molecule has 2 amide bonds. The van der Waals surface area contributed by atoms with Crippen LogP contribution in [0.5, 0.6) is 0 Å². The third kappa shape index (κ3) is 7.96. The van der Waals surface area contributed by atoms with Crippen molar-refractivity contribution >= 4 is 23.5 Å². The lowest BCUT2D eigenvalue weighted by atomic mass is 10.2. The van der Waals surface area contributed by atoms with Crippen molar-refractivity contribution in [1.82, 2.24) is 5.32 Å². The highest BCUT2D eigenvalue weighted by atomic mass is 16.5. The number of rotatable bonds is 9. The smallest absolute Gasteiger partial charge is 0.305 e. The van der Waals surface area contributed by atoms with Gasteiger partial charge >= 0.3 is 5.97 Å². The Kier molecular flexibility index (Phi) is 7.76. The molecule has 0 aliphatic heterocycles. The molecule has 1 aromatic rings. The van der Waals surface area contributed by atoms with Gasteiger partial charge in [0.05, 0.1) is 25.6 Å². The van der Waals surface area contributed by atoms with Crippen LogP contribution < -0.4 is 10.6 Å². The van der Waals surface area contributed by atoms with Crippen molar-refractivity contribution in [3.8, 4) is 0 Å². The Bertz CT molecular complexity index is 540. The van der Waals surface area contributed by atoms with Gasteiger partial charge in [0.2, 0.25) is 5.91 Å². The van der Waals surface area contributed by atoms with Gasteiger partial charge in [0.25, 0.3) is 5.91 Å². The van der Waals surface area contributed by atoms with Crippen LogP contribution >= 0.6 is 0 Å². The summed E-state index contributed by atoms with van der Waals surface area (Å²) >= 11 is 0. The van der Waals surface area contributed by atoms with Crippen molar-refractivity contribution in [2.75, 3.05) is 18.5 Å². The molecule has 23 heavy (non-hydrogen) atoms. The van der Waals surface area contributed by atoms with Gasteiger partial charge in [0.15, 0.2) is 0 Å². The summed E-state index contributed by atoms with van der Waals surface area (Å²) in [4.78, 5) is 33.8. The molecule has 7 nitrogen and oxygen atoms in total. The molecule has 1 rings (SSSR count). The van der Waals surface area contributed by atoms with Crippen molar-refractivity contribution in [3.05, 3.63) is 29.8 Å². The van der Waals surface area contributed by atoms with Crippen LogP contribution in [0.15, 0.2) is 24.3 Å². The zero-order valence-electron chi connectivity index (χ0n) is 13.3. The minimum Gasteiger partial charge on any atom is -0.481 e. The van der Waals surface area contributed by atoms with E-state index in [9.17, 15) is 14.4 Å². The normalized spacial score (nSPS) is 10.4. The quantitative estimate of drug-likeness (QED) is 0.641. The molecular weight excluding hydrogens is 300 g/mol. The van der Waals surface area contributed by atoms with Crippen LogP contribution in [0.3, 0.4) is 0 Å². The summed E-state index contributed by atoms with van der Waals surface area (Å²) in [6.45, 7) is 4.23. The third-order valence-electron chi connectivity index (χ3n) is 2.84. The summed E-state index contributed by atoms with van der Waals surface area (Å²) in [6.07, 6.45) is 0.218. The highest BCUT2D eigenvalue weighted by molar-refractivity contribution is 5.95. The van der Waals surface area contributed by atoms with Crippen molar-refractivity contribution in [2.24, 2.45) is 0 Å². The molecule has 0 aliphatic rings. The summed E-state index contributed by atoms with van der Waals surface area (Å²) < 4.78 is 5.30. The van der Waals surface area contributed by atoms with Gasteiger partial charge in [-0.2, -0.15) is 0 Å². The van der Waals surface area contributed by atoms with E-state index >= 15 is 0 Å². The van der Waals surface area contributed by atoms with Gasteiger partial charge in [-0.3, -0.25) is 14.4 Å². The Balaban J connectivity index is 2.42. The molecule has 0 saturated heterocycles. The highest BCUT2D eigenvalue weighted by Crippen LogP contribution is 2.10. The number of benzene rings is 1. The van der Waals surface area contributed by atoms with E-state index in [1.807, 2.05) is 13.8 Å². The Morgan fingerprint density at radius 1 is 1.13 bits per heavy atom. The molecular formula is C16H22N2O5. The summed E-state index contributed by atoms with van der Waals surface area (Å²) in [5.41, 5.74) is 0.984. The molecule has 7 heteroatoms. The minimum absolute atomic E-state index is 0.0719. The Morgan fingerprint density at radius 3 is 2.35 bits per heavy atom. The number of hydrogen-bond acceptors (Lipinski definition) is 4. The first-order chi connectivity index (χ1) is 10.9. The van der Waals surface area contributed by atoms with E-state index in [0.29, 0.717) is 17.9 Å². The van der Waals surface area contributed by atoms with Crippen LogP contribution in [0.4, 0.5) is 5.69 Å². The largest absolute Gasteiger partial charge is 0.481 e. The molecule has 3 N–H and O–H groups in total. The minimum atomic E-state index is -0.968. The number of carbonyl (C=O) groups is 3. The maximum atomic E-state index is 11.8. The third-order valence-corrected chi connectivity index (χ3v) is 2.84. The van der Waals surface area contributed by atoms with E-state index in [4.69, 9.17) is 9.84 Å². The van der Waals surface area contributed by atoms with Gasteiger partial charge in [0, 0.05) is 17.8 Å². The molecule has 0 unspecified atom stereocenters. The lowest BCUT2D eigenvalue weighted by molar-refractivity contribution is -0.136. The first-order valence-electron chi connectivity index (χ1n) is 7.40. The number of carboxylic acids is 1. The number of anilines is 1. The zero-order valence-corrected chi connectivity index (χ0v) is 13.3. The maximum Gasteiger partial charge on any atom is 0.305 e. The van der Waals surface area contributed by atoms with Crippen molar-refractivity contribution in [2.45, 2.75) is 32.8 Å². The average molecular weight is 322 g/mol. The first-order valence-corrected chi connectivity index (χ1v) is 7.40. The molecule has 0 bridgehead atoms. The number of nitrogens with one attached hydrogen (secondary N) is 2. The van der Waals surface area contributed by atoms with E-state index in [1.54, 1.807) is 24.3 Å². The van der Waals surface area contributed by atoms with E-state index in [1.165, 1.54) is 0 Å². The van der Waals surface area contributed by atoms with Crippen LogP contribution in [-0.2, 0) is 14.3 Å². The van der Waals surface area contributed by atoms with Crippen LogP contribution in [0.1, 0.15) is 37.0 Å². The summed E-state index contributed by atoms with van der Waals surface area (Å²) in [7, 11) is 0. The molecule has 0 fully saturated rings. The van der Waals surface area contributed by atoms with E-state index in [2.05, 4.69) is 10.6 Å². The fraction of sp³-hybridized carbons (Fsp3) is 0.438. The van der Waals surface area contributed by atoms with E-state index in [-0.39, 0.29) is 37.3 Å². The standard InChI is InChI=1S/C16H22N2O5/c1-11(2)23-10-8-14(19)18-13-5-3-12(4-6-13)16(22)17-9-7-15(20)21/h3-6,11H,7-10H2,1-2H3,(H,17,22)(H,18,19)(H,20,21). The molecule has 0 aliphatic carbocycles. The zero-order chi connectivity index (χ0) is 17.2. The van der Waals surface area contributed by atoms with E-state index < -0.39 is 5.97 Å². The second-order valence-corrected chi connectivity index (χ2v) is 5.19. The van der Waals surface area contributed by atoms with E-state index in [0.717, 1.165) is 0 Å². The lowest BCUT2D eigenvalue weighted by Crippen LogP contribution is -2.25. The number of carbonyl (C=O) groups excluding carboxylic acids is 2. The van der Waals surface area contributed by atoms with Crippen LogP contribution in [0.25, 0.3) is 0 Å². The van der Waals surface area contributed by atoms with Crippen molar-refractivity contribution < 1.29 is 24.2 Å². The monoisotopic (exact) mass is 322 g/mol. The highest BCUT2D eigenvalue weighted by Gasteiger charge is 2.07. The maximum absolute atomic E-state index is 11.8. The predicted molar refractivity (Wildman–Crippen MR) is 85.4 cm³/mol. The fourth-order valence-corrected chi connectivity index (χ4v) is 1.70. The Hall–Kier alpha value is -2.41. The van der Waals surface area contributed by atoms with Crippen LogP contribution in [-0.4, -0.2) is 42.1 Å². The lowest BCUT2D eigenvalue weighted by Gasteiger charge is -2.09. The fourth-order valence-electron chi connectivity index (χ4n) is 1.70. The van der Waals surface area contributed by atoms with Gasteiger partial charge in [-0.25, -0.2) is 0 Å². The first kappa shape index (κ1) is 18.6. The number of aliphatic carboxylic acids is 1. The Labute approximate surface area is 135 Å². The average Bonchev–Trinajstić information content (AvgIpc) is 2.47. The SMILES string of the molecule is CC(C)OCCC(=O)Nc1ccc(C(=O)NCCC(=O)O)cc1. The summed E-state index contributed by atoms with van der Waals surface area (Å²) in [6, 6.07) is 6.37. The number of amides is 2. The van der Waals surface area contributed by atoms with Gasteiger partial charge in [-0.05, 0) is 38.1 Å². The number of hydrogen-bond donors (Lipinski definition) is 3. The second-order valence-electron chi connectivity index (χ2n) is 5.19. The summed E-state index contributed by atoms with van der Waals surface area (Å²) in [5.74, 6) is -1.48. The van der Waals surface area contributed by atoms with Gasteiger partial charge in [-0.1, -0.05) is 0 Å². The molecule has 0 aromatic heterocycles. The van der Waals surface area contributed by atoms with Gasteiger partial charge < -0.3 is 20.5 Å². The molecule has 0 radical (unpaired) electrons. The summed E-state index contributed by atoms with van der Waals surface area (Å²) in [5, 5.41) is 13.7. The molecule has 0 atom stereocenters. The van der Waals surface area contributed by atoms with Crippen molar-refractivity contribution in [3.63, 3.8) is 0 Å².